The van der Waals surface area contributed by atoms with E-state index >= 15 is 0 Å². The topological polar surface area (TPSA) is 15.3 Å². The Kier molecular flexibility index (Phi) is 3.95. The second kappa shape index (κ2) is 5.50. The van der Waals surface area contributed by atoms with Crippen LogP contribution in [0.1, 0.15) is 58.8 Å². The summed E-state index contributed by atoms with van der Waals surface area (Å²) in [6.07, 6.45) is 10.1. The molecule has 104 valence electrons. The van der Waals surface area contributed by atoms with Gasteiger partial charge in [0.1, 0.15) is 0 Å². The minimum Gasteiger partial charge on any atom is -0.310 e. The maximum absolute atomic E-state index is 3.81. The fourth-order valence-electron chi connectivity index (χ4n) is 4.44. The molecule has 2 nitrogen and oxygen atoms in total. The van der Waals surface area contributed by atoms with Crippen LogP contribution in [-0.2, 0) is 0 Å². The number of rotatable bonds is 2. The Morgan fingerprint density at radius 1 is 1.00 bits per heavy atom. The van der Waals surface area contributed by atoms with Crippen LogP contribution in [0.15, 0.2) is 0 Å². The van der Waals surface area contributed by atoms with Crippen molar-refractivity contribution in [3.8, 4) is 0 Å². The van der Waals surface area contributed by atoms with Gasteiger partial charge in [0.25, 0.3) is 0 Å². The first-order valence-electron chi connectivity index (χ1n) is 8.22. The predicted octanol–water partition coefficient (Wildman–Crippen LogP) is 3.03. The Hall–Kier alpha value is -0.0800. The molecule has 0 radical (unpaired) electrons. The van der Waals surface area contributed by atoms with Crippen molar-refractivity contribution in [3.63, 3.8) is 0 Å². The average molecular weight is 250 g/mol. The summed E-state index contributed by atoms with van der Waals surface area (Å²) in [7, 11) is 0. The highest BCUT2D eigenvalue weighted by Gasteiger charge is 2.34. The van der Waals surface area contributed by atoms with E-state index in [4.69, 9.17) is 0 Å². The number of hydrogen-bond acceptors (Lipinski definition) is 2. The van der Waals surface area contributed by atoms with Gasteiger partial charge in [-0.2, -0.15) is 0 Å². The van der Waals surface area contributed by atoms with Gasteiger partial charge in [-0.05, 0) is 50.5 Å². The molecule has 2 bridgehead atoms. The van der Waals surface area contributed by atoms with E-state index in [0.29, 0.717) is 0 Å². The largest absolute Gasteiger partial charge is 0.310 e. The first kappa shape index (κ1) is 12.9. The van der Waals surface area contributed by atoms with Gasteiger partial charge in [-0.3, -0.25) is 4.90 Å². The van der Waals surface area contributed by atoms with Gasteiger partial charge in [0, 0.05) is 24.7 Å². The summed E-state index contributed by atoms with van der Waals surface area (Å²) in [5.74, 6) is 1.87. The lowest BCUT2D eigenvalue weighted by molar-refractivity contribution is 0.109. The molecule has 0 aromatic heterocycles. The minimum absolute atomic E-state index is 0.803. The van der Waals surface area contributed by atoms with Crippen LogP contribution in [0.4, 0.5) is 0 Å². The summed E-state index contributed by atoms with van der Waals surface area (Å²) in [6.45, 7) is 7.51. The number of nitrogens with zero attached hydrogens (tertiary/aromatic N) is 1. The standard InChI is InChI=1S/C16H30N2/c1-12(2)13-4-3-5-16(10-13)18-9-8-14-6-7-15(11-18)17-14/h12-17H,3-11H2,1-2H3. The molecular weight excluding hydrogens is 220 g/mol. The van der Waals surface area contributed by atoms with Crippen molar-refractivity contribution in [2.45, 2.75) is 76.9 Å². The highest BCUT2D eigenvalue weighted by Crippen LogP contribution is 2.34. The number of fused-ring (bicyclic) bond motifs is 2. The smallest absolute Gasteiger partial charge is 0.0198 e. The Labute approximate surface area is 113 Å². The zero-order chi connectivity index (χ0) is 12.5. The van der Waals surface area contributed by atoms with Gasteiger partial charge in [-0.15, -0.1) is 0 Å². The van der Waals surface area contributed by atoms with Crippen molar-refractivity contribution in [3.05, 3.63) is 0 Å². The van der Waals surface area contributed by atoms with Crippen LogP contribution >= 0.6 is 0 Å². The van der Waals surface area contributed by atoms with Crippen LogP contribution in [0.5, 0.6) is 0 Å². The van der Waals surface area contributed by atoms with E-state index in [-0.39, 0.29) is 0 Å². The van der Waals surface area contributed by atoms with Crippen LogP contribution in [0.3, 0.4) is 0 Å². The second-order valence-electron chi connectivity index (χ2n) is 7.25. The molecule has 2 heteroatoms. The van der Waals surface area contributed by atoms with E-state index < -0.39 is 0 Å². The van der Waals surface area contributed by atoms with E-state index in [0.717, 1.165) is 30.0 Å². The highest BCUT2D eigenvalue weighted by atomic mass is 15.2. The zero-order valence-corrected chi connectivity index (χ0v) is 12.2. The van der Waals surface area contributed by atoms with Gasteiger partial charge in [0.15, 0.2) is 0 Å². The average Bonchev–Trinajstić information content (AvgIpc) is 2.69. The monoisotopic (exact) mass is 250 g/mol. The lowest BCUT2D eigenvalue weighted by Gasteiger charge is -2.39. The highest BCUT2D eigenvalue weighted by molar-refractivity contribution is 4.92. The van der Waals surface area contributed by atoms with Gasteiger partial charge in [-0.1, -0.05) is 26.7 Å². The Bertz CT molecular complexity index is 276. The van der Waals surface area contributed by atoms with Gasteiger partial charge in [-0.25, -0.2) is 0 Å². The number of hydrogen-bond donors (Lipinski definition) is 1. The van der Waals surface area contributed by atoms with Gasteiger partial charge in [0.2, 0.25) is 0 Å². The molecule has 3 rings (SSSR count). The van der Waals surface area contributed by atoms with Crippen molar-refractivity contribution in [2.75, 3.05) is 13.1 Å². The molecule has 0 aromatic carbocycles. The van der Waals surface area contributed by atoms with Crippen LogP contribution in [0.2, 0.25) is 0 Å². The molecule has 2 heterocycles. The molecule has 0 aromatic rings. The summed E-state index contributed by atoms with van der Waals surface area (Å²) in [5.41, 5.74) is 0. The minimum atomic E-state index is 0.803. The van der Waals surface area contributed by atoms with Crippen LogP contribution in [-0.4, -0.2) is 36.1 Å². The first-order valence-corrected chi connectivity index (χ1v) is 8.22. The third-order valence-electron chi connectivity index (χ3n) is 5.70. The summed E-state index contributed by atoms with van der Waals surface area (Å²) >= 11 is 0. The maximum Gasteiger partial charge on any atom is 0.0198 e. The molecule has 2 saturated heterocycles. The van der Waals surface area contributed by atoms with Crippen LogP contribution < -0.4 is 5.32 Å². The van der Waals surface area contributed by atoms with Crippen molar-refractivity contribution in [2.24, 2.45) is 11.8 Å². The van der Waals surface area contributed by atoms with E-state index in [2.05, 4.69) is 24.1 Å². The third-order valence-corrected chi connectivity index (χ3v) is 5.70. The molecule has 1 N–H and O–H groups in total. The lowest BCUT2D eigenvalue weighted by Crippen LogP contribution is -2.44. The molecule has 1 saturated carbocycles. The number of nitrogens with one attached hydrogen (secondary N) is 1. The zero-order valence-electron chi connectivity index (χ0n) is 12.2. The molecule has 1 aliphatic carbocycles. The Morgan fingerprint density at radius 2 is 1.83 bits per heavy atom. The summed E-state index contributed by atoms with van der Waals surface area (Å²) in [6, 6.07) is 2.54. The Balaban J connectivity index is 1.60. The van der Waals surface area contributed by atoms with E-state index in [1.165, 1.54) is 58.0 Å². The van der Waals surface area contributed by atoms with Crippen LogP contribution in [0, 0.1) is 11.8 Å². The van der Waals surface area contributed by atoms with E-state index in [9.17, 15) is 0 Å². The molecule has 0 spiro atoms. The first-order chi connectivity index (χ1) is 8.72. The molecule has 4 unspecified atom stereocenters. The fourth-order valence-corrected chi connectivity index (χ4v) is 4.44. The van der Waals surface area contributed by atoms with Crippen molar-refractivity contribution in [1.82, 2.24) is 10.2 Å². The molecule has 18 heavy (non-hydrogen) atoms. The molecule has 3 fully saturated rings. The molecule has 0 amide bonds. The molecule has 4 atom stereocenters. The molecule has 3 aliphatic rings. The molecule has 2 aliphatic heterocycles. The third kappa shape index (κ3) is 2.75. The summed E-state index contributed by atoms with van der Waals surface area (Å²) in [5, 5.41) is 3.81. The van der Waals surface area contributed by atoms with Crippen molar-refractivity contribution in [1.29, 1.82) is 0 Å². The van der Waals surface area contributed by atoms with Gasteiger partial charge in [0.05, 0.1) is 0 Å². The van der Waals surface area contributed by atoms with Gasteiger partial charge >= 0.3 is 0 Å². The van der Waals surface area contributed by atoms with Crippen LogP contribution in [0.25, 0.3) is 0 Å². The Morgan fingerprint density at radius 3 is 2.67 bits per heavy atom. The molecular formula is C16H30N2. The fraction of sp³-hybridized carbons (Fsp3) is 1.00. The summed E-state index contributed by atoms with van der Waals surface area (Å²) < 4.78 is 0. The second-order valence-corrected chi connectivity index (χ2v) is 7.25. The quantitative estimate of drug-likeness (QED) is 0.810. The maximum atomic E-state index is 3.81. The summed E-state index contributed by atoms with van der Waals surface area (Å²) in [4.78, 5) is 2.84. The van der Waals surface area contributed by atoms with E-state index in [1.807, 2.05) is 0 Å². The van der Waals surface area contributed by atoms with Crippen molar-refractivity contribution < 1.29 is 0 Å². The van der Waals surface area contributed by atoms with Gasteiger partial charge < -0.3 is 5.32 Å². The lowest BCUT2D eigenvalue weighted by atomic mass is 9.78. The van der Waals surface area contributed by atoms with Crippen molar-refractivity contribution >= 4 is 0 Å². The van der Waals surface area contributed by atoms with E-state index in [1.54, 1.807) is 0 Å². The number of likely N-dealkylation sites (tertiary alicyclic amines) is 1. The predicted molar refractivity (Wildman–Crippen MR) is 76.7 cm³/mol. The normalized spacial score (nSPS) is 42.2. The SMILES string of the molecule is CC(C)C1CCCC(N2CCC3CCC(C2)N3)C1.